The Morgan fingerprint density at radius 1 is 0.298 bits per heavy atom. The van der Waals surface area contributed by atoms with Crippen molar-refractivity contribution >= 4 is 55.7 Å². The minimum atomic E-state index is 1.15. The van der Waals surface area contributed by atoms with Gasteiger partial charge in [-0.1, -0.05) is 78.9 Å². The zero-order chi connectivity index (χ0) is 32.8. The molecule has 0 aliphatic heterocycles. The van der Waals surface area contributed by atoms with E-state index in [2.05, 4.69) is 186 Å². The summed E-state index contributed by atoms with van der Waals surface area (Å²) in [5.41, 5.74) is 15.9. The lowest BCUT2D eigenvalue weighted by atomic mass is 9.94. The molecular formula is C45H42N2. The number of fused-ring (bicyclic) bond motifs is 2. The van der Waals surface area contributed by atoms with Crippen molar-refractivity contribution in [2.45, 2.75) is 48.5 Å². The van der Waals surface area contributed by atoms with Crippen LogP contribution in [-0.4, -0.2) is 0 Å². The summed E-state index contributed by atoms with van der Waals surface area (Å²) < 4.78 is 0. The molecule has 0 bridgehead atoms. The van der Waals surface area contributed by atoms with E-state index in [4.69, 9.17) is 0 Å². The van der Waals surface area contributed by atoms with Gasteiger partial charge in [0, 0.05) is 44.3 Å². The van der Waals surface area contributed by atoms with Gasteiger partial charge in [-0.05, 0) is 136 Å². The summed E-state index contributed by atoms with van der Waals surface area (Å²) in [7, 11) is 0. The highest BCUT2D eigenvalue weighted by atomic mass is 15.2. The van der Waals surface area contributed by atoms with E-state index < -0.39 is 0 Å². The highest BCUT2D eigenvalue weighted by Gasteiger charge is 2.25. The smallest absolute Gasteiger partial charge is 0.0619 e. The van der Waals surface area contributed by atoms with Crippen molar-refractivity contribution in [1.29, 1.82) is 0 Å². The molecule has 0 N–H and O–H groups in total. The molecule has 2 nitrogen and oxygen atoms in total. The molecule has 0 unspecified atom stereocenters. The van der Waals surface area contributed by atoms with Crippen LogP contribution in [0.5, 0.6) is 0 Å². The van der Waals surface area contributed by atoms with E-state index in [-0.39, 0.29) is 0 Å². The van der Waals surface area contributed by atoms with Gasteiger partial charge in [0.1, 0.15) is 0 Å². The van der Waals surface area contributed by atoms with Crippen LogP contribution in [0.1, 0.15) is 38.9 Å². The first-order valence-corrected chi connectivity index (χ1v) is 16.5. The summed E-state index contributed by atoms with van der Waals surface area (Å²) >= 11 is 0. The monoisotopic (exact) mass is 610 g/mol. The van der Waals surface area contributed by atoms with E-state index in [0.29, 0.717) is 0 Å². The van der Waals surface area contributed by atoms with Gasteiger partial charge in [0.05, 0.1) is 11.4 Å². The number of hydrogen-bond acceptors (Lipinski definition) is 2. The molecule has 0 amide bonds. The SMILES string of the molecule is Cc1cccc(N(c2ccc(C)c(C)c2)c2c3ccccc3c(N(c3ccc(C)c(C)c3)c3ccc(C)c(C)c3)c3ccccc23)c1. The Bertz CT molecular complexity index is 2190. The number of nitrogens with zero attached hydrogens (tertiary/aromatic N) is 2. The average Bonchev–Trinajstić information content (AvgIpc) is 3.07. The maximum absolute atomic E-state index is 2.47. The summed E-state index contributed by atoms with van der Waals surface area (Å²) in [5.74, 6) is 0. The molecule has 0 aromatic heterocycles. The van der Waals surface area contributed by atoms with Crippen molar-refractivity contribution < 1.29 is 0 Å². The normalized spacial score (nSPS) is 11.3. The Balaban J connectivity index is 1.62. The molecule has 0 saturated carbocycles. The third-order valence-corrected chi connectivity index (χ3v) is 9.83. The number of anilines is 6. The van der Waals surface area contributed by atoms with Crippen LogP contribution in [0.15, 0.2) is 127 Å². The van der Waals surface area contributed by atoms with Gasteiger partial charge in [0.25, 0.3) is 0 Å². The lowest BCUT2D eigenvalue weighted by Gasteiger charge is -2.33. The molecule has 7 aromatic carbocycles. The van der Waals surface area contributed by atoms with Crippen LogP contribution in [0.2, 0.25) is 0 Å². The van der Waals surface area contributed by atoms with Gasteiger partial charge in [0.2, 0.25) is 0 Å². The zero-order valence-electron chi connectivity index (χ0n) is 28.5. The molecular weight excluding hydrogens is 569 g/mol. The van der Waals surface area contributed by atoms with Crippen molar-refractivity contribution in [2.75, 3.05) is 9.80 Å². The maximum atomic E-state index is 2.47. The molecule has 0 heterocycles. The Kier molecular flexibility index (Phi) is 7.82. The fourth-order valence-corrected chi connectivity index (χ4v) is 6.74. The first-order valence-electron chi connectivity index (χ1n) is 16.5. The minimum Gasteiger partial charge on any atom is -0.309 e. The Morgan fingerprint density at radius 3 is 0.957 bits per heavy atom. The third kappa shape index (κ3) is 5.44. The standard InChI is InChI=1S/C45H42N2/c1-29-13-12-14-36(25-29)46(37-22-19-30(2)33(5)26-37)44-40-15-8-10-17-42(40)45(43-18-11-9-16-41(43)44)47(38-23-20-31(3)34(6)27-38)39-24-21-32(4)35(7)28-39/h8-28H,1-7H3. The molecule has 0 spiro atoms. The Hall–Kier alpha value is -5.34. The summed E-state index contributed by atoms with van der Waals surface area (Å²) in [6.45, 7) is 15.4. The average molecular weight is 611 g/mol. The minimum absolute atomic E-state index is 1.15. The topological polar surface area (TPSA) is 6.48 Å². The van der Waals surface area contributed by atoms with Gasteiger partial charge in [-0.15, -0.1) is 0 Å². The Morgan fingerprint density at radius 2 is 0.638 bits per heavy atom. The second-order valence-electron chi connectivity index (χ2n) is 13.1. The van der Waals surface area contributed by atoms with E-state index >= 15 is 0 Å². The van der Waals surface area contributed by atoms with Crippen LogP contribution in [0.25, 0.3) is 21.5 Å². The molecule has 0 aliphatic rings. The number of hydrogen-bond donors (Lipinski definition) is 0. The van der Waals surface area contributed by atoms with Gasteiger partial charge >= 0.3 is 0 Å². The molecule has 0 aliphatic carbocycles. The van der Waals surface area contributed by atoms with Crippen molar-refractivity contribution in [1.82, 2.24) is 0 Å². The number of benzene rings is 7. The highest BCUT2D eigenvalue weighted by Crippen LogP contribution is 2.51. The highest BCUT2D eigenvalue weighted by molar-refractivity contribution is 6.23. The van der Waals surface area contributed by atoms with E-state index in [9.17, 15) is 0 Å². The fourth-order valence-electron chi connectivity index (χ4n) is 6.74. The first kappa shape index (κ1) is 30.3. The molecule has 7 aromatic rings. The van der Waals surface area contributed by atoms with E-state index in [1.807, 2.05) is 0 Å². The van der Waals surface area contributed by atoms with Gasteiger partial charge < -0.3 is 9.80 Å². The van der Waals surface area contributed by atoms with E-state index in [1.54, 1.807) is 0 Å². The van der Waals surface area contributed by atoms with Crippen molar-refractivity contribution in [2.24, 2.45) is 0 Å². The van der Waals surface area contributed by atoms with Crippen molar-refractivity contribution in [3.05, 3.63) is 166 Å². The van der Waals surface area contributed by atoms with Gasteiger partial charge in [-0.3, -0.25) is 0 Å². The van der Waals surface area contributed by atoms with Crippen LogP contribution in [0.4, 0.5) is 34.1 Å². The lowest BCUT2D eigenvalue weighted by molar-refractivity contribution is 1.24. The lowest BCUT2D eigenvalue weighted by Crippen LogP contribution is -2.15. The zero-order valence-corrected chi connectivity index (χ0v) is 28.5. The second kappa shape index (κ2) is 12.1. The van der Waals surface area contributed by atoms with E-state index in [1.165, 1.54) is 71.9 Å². The molecule has 232 valence electrons. The summed E-state index contributed by atoms with van der Waals surface area (Å²) in [4.78, 5) is 4.94. The van der Waals surface area contributed by atoms with Gasteiger partial charge in [-0.2, -0.15) is 0 Å². The first-order chi connectivity index (χ1) is 22.7. The predicted octanol–water partition coefficient (Wildman–Crippen LogP) is 13.1. The summed E-state index contributed by atoms with van der Waals surface area (Å²) in [5, 5.41) is 4.83. The van der Waals surface area contributed by atoms with Crippen LogP contribution >= 0.6 is 0 Å². The van der Waals surface area contributed by atoms with E-state index in [0.717, 1.165) is 22.7 Å². The Labute approximate surface area is 279 Å². The second-order valence-corrected chi connectivity index (χ2v) is 13.1. The third-order valence-electron chi connectivity index (χ3n) is 9.83. The summed E-state index contributed by atoms with van der Waals surface area (Å²) in [6.07, 6.45) is 0. The van der Waals surface area contributed by atoms with Gasteiger partial charge in [-0.25, -0.2) is 0 Å². The van der Waals surface area contributed by atoms with Crippen LogP contribution in [-0.2, 0) is 0 Å². The maximum Gasteiger partial charge on any atom is 0.0619 e. The van der Waals surface area contributed by atoms with Crippen LogP contribution in [0, 0.1) is 48.5 Å². The largest absolute Gasteiger partial charge is 0.309 e. The molecule has 0 radical (unpaired) electrons. The molecule has 0 fully saturated rings. The van der Waals surface area contributed by atoms with Crippen molar-refractivity contribution in [3.63, 3.8) is 0 Å². The number of aryl methyl sites for hydroxylation is 7. The molecule has 0 atom stereocenters. The quantitative estimate of drug-likeness (QED) is 0.136. The van der Waals surface area contributed by atoms with Crippen LogP contribution < -0.4 is 9.80 Å². The van der Waals surface area contributed by atoms with Crippen molar-refractivity contribution in [3.8, 4) is 0 Å². The van der Waals surface area contributed by atoms with Gasteiger partial charge in [0.15, 0.2) is 0 Å². The summed E-state index contributed by atoms with van der Waals surface area (Å²) in [6, 6.07) is 47.3. The molecule has 0 saturated heterocycles. The predicted molar refractivity (Wildman–Crippen MR) is 204 cm³/mol. The molecule has 2 heteroatoms. The fraction of sp³-hybridized carbons (Fsp3) is 0.156. The molecule has 7 rings (SSSR count). The van der Waals surface area contributed by atoms with Crippen LogP contribution in [0.3, 0.4) is 0 Å². The molecule has 47 heavy (non-hydrogen) atoms. The number of rotatable bonds is 6.